The zero-order valence-corrected chi connectivity index (χ0v) is 10.5. The maximum Gasteiger partial charge on any atom is 0.285 e. The van der Waals surface area contributed by atoms with Gasteiger partial charge in [-0.05, 0) is 12.5 Å². The number of aromatic amines is 1. The highest BCUT2D eigenvalue weighted by molar-refractivity contribution is 6.32. The molecule has 0 bridgehead atoms. The summed E-state index contributed by atoms with van der Waals surface area (Å²) in [5, 5.41) is 13.7. The molecule has 0 aliphatic heterocycles. The molecule has 0 saturated heterocycles. The Labute approximate surface area is 109 Å². The number of nitrogens with one attached hydrogen (secondary N) is 1. The minimum atomic E-state index is -0.469. The van der Waals surface area contributed by atoms with Crippen LogP contribution in [0.15, 0.2) is 45.5 Å². The largest absolute Gasteiger partial charge is 0.285 e. The van der Waals surface area contributed by atoms with Crippen molar-refractivity contribution in [3.8, 4) is 0 Å². The fraction of sp³-hybridized carbons (Fsp3) is 0.167. The molecule has 0 radical (unpaired) electrons. The molecule has 2 rings (SSSR count). The molecule has 92 valence electrons. The van der Waals surface area contributed by atoms with Gasteiger partial charge in [-0.25, -0.2) is 5.10 Å². The van der Waals surface area contributed by atoms with Crippen molar-refractivity contribution in [2.75, 3.05) is 0 Å². The minimum absolute atomic E-state index is 0.00186. The molecule has 1 aromatic heterocycles. The lowest BCUT2D eigenvalue weighted by Gasteiger charge is -1.97. The van der Waals surface area contributed by atoms with Crippen molar-refractivity contribution in [2.45, 2.75) is 13.5 Å². The van der Waals surface area contributed by atoms with E-state index in [9.17, 15) is 4.79 Å². The third-order valence-corrected chi connectivity index (χ3v) is 2.66. The number of aryl methyl sites for hydroxylation is 1. The van der Waals surface area contributed by atoms with Gasteiger partial charge in [0.25, 0.3) is 5.56 Å². The molecule has 1 heterocycles. The Bertz CT molecular complexity index is 636. The Morgan fingerprint density at radius 3 is 3.06 bits per heavy atom. The van der Waals surface area contributed by atoms with Crippen LogP contribution in [0.4, 0.5) is 5.69 Å². The second kappa shape index (κ2) is 5.55. The number of nitrogens with zero attached hydrogens (tertiary/aromatic N) is 3. The topological polar surface area (TPSA) is 70.5 Å². The molecule has 0 amide bonds. The molecule has 5 nitrogen and oxygen atoms in total. The number of aromatic nitrogens is 2. The molecule has 0 fully saturated rings. The lowest BCUT2D eigenvalue weighted by Crippen LogP contribution is -2.06. The summed E-state index contributed by atoms with van der Waals surface area (Å²) in [6.07, 6.45) is 1.36. The lowest BCUT2D eigenvalue weighted by molar-refractivity contribution is 0.934. The van der Waals surface area contributed by atoms with Gasteiger partial charge < -0.3 is 0 Å². The first-order valence-electron chi connectivity index (χ1n) is 5.33. The van der Waals surface area contributed by atoms with E-state index in [-0.39, 0.29) is 10.7 Å². The van der Waals surface area contributed by atoms with Crippen molar-refractivity contribution in [3.05, 3.63) is 57.0 Å². The molecule has 0 atom stereocenters. The monoisotopic (exact) mass is 262 g/mol. The van der Waals surface area contributed by atoms with Crippen molar-refractivity contribution in [2.24, 2.45) is 10.2 Å². The molecule has 0 saturated carbocycles. The third-order valence-electron chi connectivity index (χ3n) is 2.29. The van der Waals surface area contributed by atoms with E-state index < -0.39 is 5.56 Å². The van der Waals surface area contributed by atoms with E-state index in [0.29, 0.717) is 6.54 Å². The number of hydrogen-bond acceptors (Lipinski definition) is 4. The molecular weight excluding hydrogens is 252 g/mol. The SMILES string of the molecule is Cc1cccc(CN=Nc2cn[nH]c(=O)c2Cl)c1. The van der Waals surface area contributed by atoms with Crippen molar-refractivity contribution in [1.29, 1.82) is 0 Å². The van der Waals surface area contributed by atoms with Crippen molar-refractivity contribution >= 4 is 17.3 Å². The number of rotatable bonds is 3. The Kier molecular flexibility index (Phi) is 3.84. The Morgan fingerprint density at radius 2 is 2.28 bits per heavy atom. The zero-order chi connectivity index (χ0) is 13.0. The van der Waals surface area contributed by atoms with Crippen LogP contribution in [0.2, 0.25) is 5.02 Å². The van der Waals surface area contributed by atoms with Crippen LogP contribution in [0.1, 0.15) is 11.1 Å². The summed E-state index contributed by atoms with van der Waals surface area (Å²) in [6.45, 7) is 2.45. The highest BCUT2D eigenvalue weighted by Crippen LogP contribution is 2.19. The summed E-state index contributed by atoms with van der Waals surface area (Å²) in [5.41, 5.74) is 2.02. The Hall–Kier alpha value is -2.01. The maximum atomic E-state index is 11.2. The van der Waals surface area contributed by atoms with Crippen LogP contribution in [0, 0.1) is 6.92 Å². The van der Waals surface area contributed by atoms with Gasteiger partial charge in [0, 0.05) is 0 Å². The fourth-order valence-electron chi connectivity index (χ4n) is 1.45. The van der Waals surface area contributed by atoms with Gasteiger partial charge in [-0.2, -0.15) is 15.3 Å². The predicted octanol–water partition coefficient (Wildman–Crippen LogP) is 3.02. The van der Waals surface area contributed by atoms with E-state index in [1.807, 2.05) is 31.2 Å². The number of azo groups is 1. The van der Waals surface area contributed by atoms with E-state index >= 15 is 0 Å². The molecule has 6 heteroatoms. The predicted molar refractivity (Wildman–Crippen MR) is 69.3 cm³/mol. The normalized spacial score (nSPS) is 11.0. The zero-order valence-electron chi connectivity index (χ0n) is 9.72. The first kappa shape index (κ1) is 12.4. The number of hydrogen-bond donors (Lipinski definition) is 1. The van der Waals surface area contributed by atoms with Gasteiger partial charge in [0.15, 0.2) is 0 Å². The molecule has 18 heavy (non-hydrogen) atoms. The van der Waals surface area contributed by atoms with Crippen molar-refractivity contribution in [1.82, 2.24) is 10.2 Å². The minimum Gasteiger partial charge on any atom is -0.266 e. The van der Waals surface area contributed by atoms with Crippen LogP contribution < -0.4 is 5.56 Å². The van der Waals surface area contributed by atoms with E-state index in [0.717, 1.165) is 5.56 Å². The second-order valence-electron chi connectivity index (χ2n) is 3.79. The highest BCUT2D eigenvalue weighted by Gasteiger charge is 2.02. The third kappa shape index (κ3) is 3.01. The lowest BCUT2D eigenvalue weighted by atomic mass is 10.1. The first-order valence-corrected chi connectivity index (χ1v) is 5.71. The average molecular weight is 263 g/mol. The van der Waals surface area contributed by atoms with Crippen LogP contribution in [0.3, 0.4) is 0 Å². The summed E-state index contributed by atoms with van der Waals surface area (Å²) in [6, 6.07) is 7.96. The number of benzene rings is 1. The molecule has 0 aliphatic carbocycles. The summed E-state index contributed by atoms with van der Waals surface area (Å²) in [7, 11) is 0. The first-order chi connectivity index (χ1) is 8.66. The second-order valence-corrected chi connectivity index (χ2v) is 4.16. The summed E-state index contributed by atoms with van der Waals surface area (Å²) in [4.78, 5) is 11.2. The van der Waals surface area contributed by atoms with Crippen LogP contribution >= 0.6 is 11.6 Å². The quantitative estimate of drug-likeness (QED) is 0.864. The molecule has 2 aromatic rings. The van der Waals surface area contributed by atoms with Crippen LogP contribution in [0.25, 0.3) is 0 Å². The summed E-state index contributed by atoms with van der Waals surface area (Å²) < 4.78 is 0. The van der Waals surface area contributed by atoms with Crippen LogP contribution in [-0.2, 0) is 6.54 Å². The van der Waals surface area contributed by atoms with Gasteiger partial charge in [0.1, 0.15) is 10.7 Å². The molecule has 1 N–H and O–H groups in total. The van der Waals surface area contributed by atoms with E-state index in [1.54, 1.807) is 0 Å². The van der Waals surface area contributed by atoms with Crippen molar-refractivity contribution < 1.29 is 0 Å². The number of H-pyrrole nitrogens is 1. The van der Waals surface area contributed by atoms with Gasteiger partial charge in [0.05, 0.1) is 12.7 Å². The van der Waals surface area contributed by atoms with Crippen LogP contribution in [0.5, 0.6) is 0 Å². The molecular formula is C12H11ClN4O. The smallest absolute Gasteiger partial charge is 0.266 e. The highest BCUT2D eigenvalue weighted by atomic mass is 35.5. The standard InChI is InChI=1S/C12H11ClN4O/c1-8-3-2-4-9(5-8)6-14-16-10-7-15-17-12(18)11(10)13/h2-5,7H,6H2,1H3,(H,17,18). The van der Waals surface area contributed by atoms with Gasteiger partial charge in [-0.15, -0.1) is 0 Å². The van der Waals surface area contributed by atoms with Crippen molar-refractivity contribution in [3.63, 3.8) is 0 Å². The van der Waals surface area contributed by atoms with E-state index in [1.165, 1.54) is 11.8 Å². The molecule has 0 spiro atoms. The van der Waals surface area contributed by atoms with Gasteiger partial charge in [-0.3, -0.25) is 4.79 Å². The summed E-state index contributed by atoms with van der Waals surface area (Å²) in [5.74, 6) is 0. The van der Waals surface area contributed by atoms with Gasteiger partial charge in [0.2, 0.25) is 0 Å². The number of halogens is 1. The Balaban J connectivity index is 2.12. The van der Waals surface area contributed by atoms with E-state index in [4.69, 9.17) is 11.6 Å². The van der Waals surface area contributed by atoms with Gasteiger partial charge >= 0.3 is 0 Å². The fourth-order valence-corrected chi connectivity index (χ4v) is 1.58. The van der Waals surface area contributed by atoms with Crippen LogP contribution in [-0.4, -0.2) is 10.2 Å². The van der Waals surface area contributed by atoms with Gasteiger partial charge in [-0.1, -0.05) is 41.4 Å². The van der Waals surface area contributed by atoms with E-state index in [2.05, 4.69) is 20.4 Å². The average Bonchev–Trinajstić information content (AvgIpc) is 2.35. The molecule has 0 unspecified atom stereocenters. The molecule has 1 aromatic carbocycles. The summed E-state index contributed by atoms with van der Waals surface area (Å²) >= 11 is 5.76. The molecule has 0 aliphatic rings. The Morgan fingerprint density at radius 1 is 1.44 bits per heavy atom. The maximum absolute atomic E-state index is 11.2.